The van der Waals surface area contributed by atoms with Crippen LogP contribution in [0.1, 0.15) is 18.5 Å². The third kappa shape index (κ3) is 4.58. The van der Waals surface area contributed by atoms with Crippen LogP contribution >= 0.6 is 0 Å². The number of amides is 1. The summed E-state index contributed by atoms with van der Waals surface area (Å²) >= 11 is 0. The third-order valence-electron chi connectivity index (χ3n) is 5.75. The second-order valence-corrected chi connectivity index (χ2v) is 9.73. The topological polar surface area (TPSA) is 136 Å². The van der Waals surface area contributed by atoms with Crippen LogP contribution in [0.25, 0.3) is 11.3 Å². The fourth-order valence-corrected chi connectivity index (χ4v) is 4.59. The number of carbonyl (C=O) groups excluding carboxylic acids is 1. The van der Waals surface area contributed by atoms with Crippen molar-refractivity contribution in [1.29, 1.82) is 0 Å². The monoisotopic (exact) mass is 491 g/mol. The Morgan fingerprint density at radius 2 is 1.77 bits per heavy atom. The van der Waals surface area contributed by atoms with Crippen molar-refractivity contribution in [3.8, 4) is 17.1 Å². The largest absolute Gasteiger partial charge is 0.497 e. The van der Waals surface area contributed by atoms with E-state index in [2.05, 4.69) is 25.2 Å². The number of hydrogen-bond acceptors (Lipinski definition) is 8. The molecule has 178 valence electrons. The molecule has 4 aromatic rings. The lowest BCUT2D eigenvalue weighted by atomic mass is 10.00. The van der Waals surface area contributed by atoms with Crippen molar-refractivity contribution < 1.29 is 22.5 Å². The lowest BCUT2D eigenvalue weighted by Gasteiger charge is -2.13. The number of nitrogens with zero attached hydrogens (tertiary/aromatic N) is 3. The zero-order valence-electron chi connectivity index (χ0n) is 18.6. The second kappa shape index (κ2) is 8.84. The highest BCUT2D eigenvalue weighted by Crippen LogP contribution is 2.49. The summed E-state index contributed by atoms with van der Waals surface area (Å²) in [5, 5.41) is 7.01. The fourth-order valence-electron chi connectivity index (χ4n) is 3.64. The normalized spacial score (nSPS) is 14.2. The SMILES string of the molecule is COc1cccc(-c2cc(C3(C(=O)Nc4ccc(S(=O)(=O)Nc5ncccn5)cc4)CC3)no2)c1. The number of benzene rings is 2. The first-order chi connectivity index (χ1) is 16.9. The van der Waals surface area contributed by atoms with Crippen LogP contribution < -0.4 is 14.8 Å². The molecule has 0 radical (unpaired) electrons. The lowest BCUT2D eigenvalue weighted by molar-refractivity contribution is -0.118. The zero-order valence-corrected chi connectivity index (χ0v) is 19.5. The maximum atomic E-state index is 13.1. The summed E-state index contributed by atoms with van der Waals surface area (Å²) in [6, 6.07) is 16.6. The smallest absolute Gasteiger partial charge is 0.264 e. The minimum Gasteiger partial charge on any atom is -0.497 e. The predicted octanol–water partition coefficient (Wildman–Crippen LogP) is 3.61. The predicted molar refractivity (Wildman–Crippen MR) is 127 cm³/mol. The molecule has 1 aliphatic rings. The van der Waals surface area contributed by atoms with E-state index < -0.39 is 15.4 Å². The van der Waals surface area contributed by atoms with Gasteiger partial charge in [0.15, 0.2) is 5.76 Å². The van der Waals surface area contributed by atoms with Gasteiger partial charge in [-0.3, -0.25) is 4.79 Å². The summed E-state index contributed by atoms with van der Waals surface area (Å²) in [5.41, 5.74) is 1.04. The van der Waals surface area contributed by atoms with Crippen molar-refractivity contribution in [3.05, 3.63) is 78.8 Å². The number of anilines is 2. The number of nitrogens with one attached hydrogen (secondary N) is 2. The first-order valence-corrected chi connectivity index (χ1v) is 12.2. The van der Waals surface area contributed by atoms with Gasteiger partial charge in [-0.25, -0.2) is 23.1 Å². The molecule has 2 aromatic carbocycles. The molecule has 5 rings (SSSR count). The molecule has 1 fully saturated rings. The summed E-state index contributed by atoms with van der Waals surface area (Å²) in [5.74, 6) is 0.981. The molecule has 0 bridgehead atoms. The van der Waals surface area contributed by atoms with Crippen molar-refractivity contribution in [2.75, 3.05) is 17.1 Å². The van der Waals surface area contributed by atoms with Gasteiger partial charge in [0.1, 0.15) is 5.75 Å². The summed E-state index contributed by atoms with van der Waals surface area (Å²) < 4.78 is 38.2. The van der Waals surface area contributed by atoms with Crippen molar-refractivity contribution >= 4 is 27.6 Å². The van der Waals surface area contributed by atoms with E-state index in [1.807, 2.05) is 24.3 Å². The first-order valence-electron chi connectivity index (χ1n) is 10.7. The van der Waals surface area contributed by atoms with E-state index in [1.165, 1.54) is 36.7 Å². The van der Waals surface area contributed by atoms with Crippen molar-refractivity contribution in [2.45, 2.75) is 23.2 Å². The Balaban J connectivity index is 1.29. The number of hydrogen-bond donors (Lipinski definition) is 2. The highest BCUT2D eigenvalue weighted by Gasteiger charge is 2.53. The standard InChI is InChI=1S/C24H21N5O5S/c1-33-18-5-2-4-16(14-18)20-15-21(28-34-20)24(10-11-24)22(30)27-17-6-8-19(9-7-17)35(31,32)29-23-25-12-3-13-26-23/h2-9,12-15H,10-11H2,1H3,(H,27,30)(H,25,26,29). The number of ether oxygens (including phenoxy) is 1. The van der Waals surface area contributed by atoms with Gasteiger partial charge in [-0.05, 0) is 55.3 Å². The van der Waals surface area contributed by atoms with E-state index in [4.69, 9.17) is 9.26 Å². The molecular formula is C24H21N5O5S. The molecule has 10 nitrogen and oxygen atoms in total. The second-order valence-electron chi connectivity index (χ2n) is 8.05. The maximum absolute atomic E-state index is 13.1. The minimum absolute atomic E-state index is 0.0171. The van der Waals surface area contributed by atoms with Gasteiger partial charge in [0.05, 0.1) is 23.1 Å². The molecule has 2 heterocycles. The van der Waals surface area contributed by atoms with Crippen LogP contribution in [0.2, 0.25) is 0 Å². The van der Waals surface area contributed by atoms with Gasteiger partial charge in [-0.15, -0.1) is 0 Å². The number of aromatic nitrogens is 3. The number of rotatable bonds is 8. The molecule has 35 heavy (non-hydrogen) atoms. The van der Waals surface area contributed by atoms with Gasteiger partial charge in [0, 0.05) is 29.7 Å². The average Bonchev–Trinajstić information content (AvgIpc) is 3.54. The third-order valence-corrected chi connectivity index (χ3v) is 7.10. The highest BCUT2D eigenvalue weighted by molar-refractivity contribution is 7.92. The Labute approximate surface area is 201 Å². The summed E-state index contributed by atoms with van der Waals surface area (Å²) in [6.07, 6.45) is 4.14. The fraction of sp³-hybridized carbons (Fsp3) is 0.167. The van der Waals surface area contributed by atoms with Gasteiger partial charge in [0.2, 0.25) is 11.9 Å². The van der Waals surface area contributed by atoms with E-state index in [0.717, 1.165) is 5.56 Å². The van der Waals surface area contributed by atoms with Crippen molar-refractivity contribution in [1.82, 2.24) is 15.1 Å². The summed E-state index contributed by atoms with van der Waals surface area (Å²) in [4.78, 5) is 20.8. The Bertz CT molecular complexity index is 1470. The number of carbonyl (C=O) groups is 1. The zero-order chi connectivity index (χ0) is 24.5. The van der Waals surface area contributed by atoms with Crippen LogP contribution in [0.5, 0.6) is 5.75 Å². The maximum Gasteiger partial charge on any atom is 0.264 e. The molecule has 1 saturated carbocycles. The summed E-state index contributed by atoms with van der Waals surface area (Å²) in [6.45, 7) is 0. The molecule has 2 aromatic heterocycles. The molecule has 0 aliphatic heterocycles. The Morgan fingerprint density at radius 3 is 2.46 bits per heavy atom. The van der Waals surface area contributed by atoms with Crippen LogP contribution in [0.4, 0.5) is 11.6 Å². The van der Waals surface area contributed by atoms with Crippen LogP contribution in [0.3, 0.4) is 0 Å². The molecule has 1 amide bonds. The van der Waals surface area contributed by atoms with E-state index in [9.17, 15) is 13.2 Å². The van der Waals surface area contributed by atoms with Gasteiger partial charge in [-0.1, -0.05) is 17.3 Å². The van der Waals surface area contributed by atoms with Gasteiger partial charge < -0.3 is 14.6 Å². The molecule has 2 N–H and O–H groups in total. The quantitative estimate of drug-likeness (QED) is 0.381. The molecular weight excluding hydrogens is 470 g/mol. The molecule has 0 saturated heterocycles. The van der Waals surface area contributed by atoms with E-state index in [0.29, 0.717) is 35.7 Å². The Morgan fingerprint density at radius 1 is 1.03 bits per heavy atom. The first kappa shape index (κ1) is 22.5. The Hall–Kier alpha value is -4.25. The van der Waals surface area contributed by atoms with Crippen LogP contribution in [0.15, 0.2) is 82.5 Å². The van der Waals surface area contributed by atoms with Gasteiger partial charge >= 0.3 is 0 Å². The average molecular weight is 492 g/mol. The molecule has 11 heteroatoms. The van der Waals surface area contributed by atoms with Gasteiger partial charge in [0.25, 0.3) is 10.0 Å². The number of sulfonamides is 1. The van der Waals surface area contributed by atoms with Crippen LogP contribution in [0, 0.1) is 0 Å². The van der Waals surface area contributed by atoms with Crippen LogP contribution in [-0.4, -0.2) is 36.6 Å². The molecule has 0 unspecified atom stereocenters. The lowest BCUT2D eigenvalue weighted by Crippen LogP contribution is -2.28. The highest BCUT2D eigenvalue weighted by atomic mass is 32.2. The van der Waals surface area contributed by atoms with Crippen LogP contribution in [-0.2, 0) is 20.2 Å². The minimum atomic E-state index is -3.87. The molecule has 0 atom stereocenters. The molecule has 0 spiro atoms. The number of methoxy groups -OCH3 is 1. The van der Waals surface area contributed by atoms with Gasteiger partial charge in [-0.2, -0.15) is 0 Å². The van der Waals surface area contributed by atoms with E-state index in [-0.39, 0.29) is 16.8 Å². The van der Waals surface area contributed by atoms with Crippen molar-refractivity contribution in [2.24, 2.45) is 0 Å². The van der Waals surface area contributed by atoms with E-state index in [1.54, 1.807) is 19.2 Å². The summed E-state index contributed by atoms with van der Waals surface area (Å²) in [7, 11) is -2.28. The molecule has 1 aliphatic carbocycles. The van der Waals surface area contributed by atoms with E-state index >= 15 is 0 Å². The Kier molecular flexibility index (Phi) is 5.69. The van der Waals surface area contributed by atoms with Crippen molar-refractivity contribution in [3.63, 3.8) is 0 Å².